The van der Waals surface area contributed by atoms with Crippen LogP contribution in [0.5, 0.6) is 0 Å². The van der Waals surface area contributed by atoms with Crippen molar-refractivity contribution in [2.75, 3.05) is 0 Å². The van der Waals surface area contributed by atoms with Crippen molar-refractivity contribution in [3.05, 3.63) is 48.5 Å². The Balaban J connectivity index is 1.67. The molecule has 5 heteroatoms. The Hall–Kier alpha value is -2.14. The Morgan fingerprint density at radius 3 is 2.67 bits per heavy atom. The third-order valence-electron chi connectivity index (χ3n) is 3.98. The van der Waals surface area contributed by atoms with Gasteiger partial charge < -0.3 is 15.0 Å². The van der Waals surface area contributed by atoms with Gasteiger partial charge in [0.05, 0.1) is 18.5 Å². The molecule has 110 valence electrons. The van der Waals surface area contributed by atoms with Crippen LogP contribution in [0.3, 0.4) is 0 Å². The summed E-state index contributed by atoms with van der Waals surface area (Å²) in [5.41, 5.74) is 1.57. The summed E-state index contributed by atoms with van der Waals surface area (Å²) in [6.45, 7) is 0. The molecule has 1 amide bonds. The summed E-state index contributed by atoms with van der Waals surface area (Å²) in [5.74, 6) is -0.127. The van der Waals surface area contributed by atoms with Gasteiger partial charge in [-0.3, -0.25) is 4.79 Å². The lowest BCUT2D eigenvalue weighted by Crippen LogP contribution is -2.45. The first-order valence-corrected chi connectivity index (χ1v) is 7.31. The molecule has 0 bridgehead atoms. The summed E-state index contributed by atoms with van der Waals surface area (Å²) in [6.07, 6.45) is 8.57. The van der Waals surface area contributed by atoms with Gasteiger partial charge in [0.2, 0.25) is 0 Å². The van der Waals surface area contributed by atoms with Crippen molar-refractivity contribution < 1.29 is 9.90 Å². The number of benzene rings is 1. The van der Waals surface area contributed by atoms with Crippen LogP contribution in [0.15, 0.2) is 43.0 Å². The Bertz CT molecular complexity index is 592. The molecule has 1 saturated carbocycles. The Labute approximate surface area is 123 Å². The van der Waals surface area contributed by atoms with Crippen molar-refractivity contribution in [2.45, 2.75) is 37.8 Å². The van der Waals surface area contributed by atoms with Crippen molar-refractivity contribution in [1.82, 2.24) is 14.9 Å². The van der Waals surface area contributed by atoms with E-state index < -0.39 is 6.10 Å². The maximum absolute atomic E-state index is 12.2. The average Bonchev–Trinajstić information content (AvgIpc) is 3.04. The number of imidazole rings is 1. The van der Waals surface area contributed by atoms with Crippen molar-refractivity contribution in [3.63, 3.8) is 0 Å². The number of hydrogen-bond donors (Lipinski definition) is 2. The van der Waals surface area contributed by atoms with Crippen LogP contribution in [0, 0.1) is 0 Å². The van der Waals surface area contributed by atoms with E-state index in [2.05, 4.69) is 10.3 Å². The fraction of sp³-hybridized carbons (Fsp3) is 0.375. The van der Waals surface area contributed by atoms with Gasteiger partial charge in [0.1, 0.15) is 0 Å². The maximum atomic E-state index is 12.2. The first-order chi connectivity index (χ1) is 10.2. The fourth-order valence-corrected chi connectivity index (χ4v) is 2.73. The lowest BCUT2D eigenvalue weighted by atomic mass is 9.92. The van der Waals surface area contributed by atoms with E-state index in [4.69, 9.17) is 0 Å². The van der Waals surface area contributed by atoms with Gasteiger partial charge >= 0.3 is 0 Å². The van der Waals surface area contributed by atoms with Crippen LogP contribution in [-0.4, -0.2) is 32.7 Å². The zero-order valence-electron chi connectivity index (χ0n) is 11.8. The quantitative estimate of drug-likeness (QED) is 0.905. The van der Waals surface area contributed by atoms with E-state index in [9.17, 15) is 9.90 Å². The number of carbonyl (C=O) groups is 1. The molecule has 2 atom stereocenters. The Morgan fingerprint density at radius 2 is 2.00 bits per heavy atom. The summed E-state index contributed by atoms with van der Waals surface area (Å²) in [6, 6.07) is 7.22. The zero-order chi connectivity index (χ0) is 14.7. The average molecular weight is 285 g/mol. The van der Waals surface area contributed by atoms with Gasteiger partial charge in [-0.25, -0.2) is 4.98 Å². The van der Waals surface area contributed by atoms with E-state index in [-0.39, 0.29) is 11.9 Å². The smallest absolute Gasteiger partial charge is 0.251 e. The molecule has 1 aliphatic carbocycles. The molecule has 5 nitrogen and oxygen atoms in total. The molecule has 1 aromatic carbocycles. The molecular weight excluding hydrogens is 266 g/mol. The maximum Gasteiger partial charge on any atom is 0.251 e. The van der Waals surface area contributed by atoms with Gasteiger partial charge in [0, 0.05) is 23.6 Å². The van der Waals surface area contributed by atoms with Gasteiger partial charge in [0.15, 0.2) is 0 Å². The van der Waals surface area contributed by atoms with E-state index in [1.807, 2.05) is 22.9 Å². The number of nitrogens with zero attached hydrogens (tertiary/aromatic N) is 2. The summed E-state index contributed by atoms with van der Waals surface area (Å²) < 4.78 is 1.88. The van der Waals surface area contributed by atoms with E-state index in [0.29, 0.717) is 5.56 Å². The molecule has 21 heavy (non-hydrogen) atoms. The molecule has 1 heterocycles. The lowest BCUT2D eigenvalue weighted by Gasteiger charge is -2.28. The molecule has 2 N–H and O–H groups in total. The molecule has 2 unspecified atom stereocenters. The second-order valence-electron chi connectivity index (χ2n) is 5.45. The minimum atomic E-state index is -0.423. The number of carbonyl (C=O) groups excluding carboxylic acids is 1. The van der Waals surface area contributed by atoms with Gasteiger partial charge in [-0.2, -0.15) is 0 Å². The predicted molar refractivity (Wildman–Crippen MR) is 79.3 cm³/mol. The van der Waals surface area contributed by atoms with Crippen LogP contribution in [0.2, 0.25) is 0 Å². The summed E-state index contributed by atoms with van der Waals surface area (Å²) in [7, 11) is 0. The first kappa shape index (κ1) is 13.8. The standard InChI is InChI=1S/C16H19N3O2/c20-15-4-2-1-3-14(15)18-16(21)12-5-7-13(8-6-12)19-10-9-17-11-19/h5-11,14-15,20H,1-4H2,(H,18,21). The van der Waals surface area contributed by atoms with Gasteiger partial charge in [-0.15, -0.1) is 0 Å². The monoisotopic (exact) mass is 285 g/mol. The number of aliphatic hydroxyl groups is 1. The Morgan fingerprint density at radius 1 is 1.24 bits per heavy atom. The highest BCUT2D eigenvalue weighted by atomic mass is 16.3. The van der Waals surface area contributed by atoms with Crippen molar-refractivity contribution in [3.8, 4) is 5.69 Å². The third-order valence-corrected chi connectivity index (χ3v) is 3.98. The van der Waals surface area contributed by atoms with Crippen molar-refractivity contribution in [1.29, 1.82) is 0 Å². The zero-order valence-corrected chi connectivity index (χ0v) is 11.8. The second kappa shape index (κ2) is 6.10. The van der Waals surface area contributed by atoms with Crippen LogP contribution >= 0.6 is 0 Å². The van der Waals surface area contributed by atoms with Gasteiger partial charge in [-0.1, -0.05) is 12.8 Å². The molecule has 1 fully saturated rings. The molecule has 1 aromatic heterocycles. The second-order valence-corrected chi connectivity index (χ2v) is 5.45. The molecule has 0 saturated heterocycles. The van der Waals surface area contributed by atoms with Crippen LogP contribution in [0.25, 0.3) is 5.69 Å². The summed E-state index contributed by atoms with van der Waals surface area (Å²) >= 11 is 0. The highest BCUT2D eigenvalue weighted by molar-refractivity contribution is 5.94. The van der Waals surface area contributed by atoms with Crippen LogP contribution in [0.1, 0.15) is 36.0 Å². The Kier molecular flexibility index (Phi) is 4.01. The van der Waals surface area contributed by atoms with Crippen molar-refractivity contribution in [2.24, 2.45) is 0 Å². The van der Waals surface area contributed by atoms with E-state index >= 15 is 0 Å². The number of amides is 1. The van der Waals surface area contributed by atoms with Gasteiger partial charge in [-0.05, 0) is 37.1 Å². The molecule has 0 spiro atoms. The highest BCUT2D eigenvalue weighted by Gasteiger charge is 2.24. The van der Waals surface area contributed by atoms with E-state index in [0.717, 1.165) is 31.4 Å². The highest BCUT2D eigenvalue weighted by Crippen LogP contribution is 2.19. The summed E-state index contributed by atoms with van der Waals surface area (Å²) in [5, 5.41) is 12.8. The minimum Gasteiger partial charge on any atom is -0.391 e. The SMILES string of the molecule is O=C(NC1CCCCC1O)c1ccc(-n2ccnc2)cc1. The molecule has 0 aliphatic heterocycles. The molecule has 1 aliphatic rings. The lowest BCUT2D eigenvalue weighted by molar-refractivity contribution is 0.0717. The number of aliphatic hydroxyl groups excluding tert-OH is 1. The van der Waals surface area contributed by atoms with Crippen LogP contribution in [0.4, 0.5) is 0 Å². The van der Waals surface area contributed by atoms with Crippen LogP contribution < -0.4 is 5.32 Å². The molecule has 2 aromatic rings. The number of rotatable bonds is 3. The van der Waals surface area contributed by atoms with Crippen LogP contribution in [-0.2, 0) is 0 Å². The fourth-order valence-electron chi connectivity index (χ4n) is 2.73. The number of nitrogens with one attached hydrogen (secondary N) is 1. The van der Waals surface area contributed by atoms with E-state index in [1.165, 1.54) is 0 Å². The topological polar surface area (TPSA) is 67.2 Å². The normalized spacial score (nSPS) is 22.0. The summed E-state index contributed by atoms with van der Waals surface area (Å²) in [4.78, 5) is 16.2. The molecule has 0 radical (unpaired) electrons. The van der Waals surface area contributed by atoms with E-state index in [1.54, 1.807) is 24.7 Å². The third kappa shape index (κ3) is 3.13. The minimum absolute atomic E-state index is 0.125. The number of aromatic nitrogens is 2. The first-order valence-electron chi connectivity index (χ1n) is 7.31. The molecule has 3 rings (SSSR count). The number of hydrogen-bond acceptors (Lipinski definition) is 3. The largest absolute Gasteiger partial charge is 0.391 e. The van der Waals surface area contributed by atoms with Gasteiger partial charge in [0.25, 0.3) is 5.91 Å². The molecular formula is C16H19N3O2. The predicted octanol–water partition coefficient (Wildman–Crippen LogP) is 1.91. The van der Waals surface area contributed by atoms with Crippen molar-refractivity contribution >= 4 is 5.91 Å².